The second-order valence-corrected chi connectivity index (χ2v) is 5.55. The monoisotopic (exact) mass is 307 g/mol. The highest BCUT2D eigenvalue weighted by Gasteiger charge is 2.18. The summed E-state index contributed by atoms with van der Waals surface area (Å²) in [6, 6.07) is 5.69. The van der Waals surface area contributed by atoms with Gasteiger partial charge in [-0.05, 0) is 45.9 Å². The van der Waals surface area contributed by atoms with Crippen LogP contribution in [0.5, 0.6) is 5.75 Å². The van der Waals surface area contributed by atoms with Gasteiger partial charge >= 0.3 is 0 Å². The summed E-state index contributed by atoms with van der Waals surface area (Å²) in [5.41, 5.74) is 4.35. The van der Waals surface area contributed by atoms with Crippen LogP contribution in [-0.2, 0) is 6.54 Å². The Balaban J connectivity index is 2.32. The van der Waals surface area contributed by atoms with Gasteiger partial charge in [-0.15, -0.1) is 0 Å². The lowest BCUT2D eigenvalue weighted by Crippen LogP contribution is -2.10. The van der Waals surface area contributed by atoms with Crippen LogP contribution in [0.3, 0.4) is 0 Å². The highest BCUT2D eigenvalue weighted by molar-refractivity contribution is 6.30. The van der Waals surface area contributed by atoms with Gasteiger partial charge in [0.15, 0.2) is 0 Å². The van der Waals surface area contributed by atoms with Gasteiger partial charge in [0.2, 0.25) is 0 Å². The molecule has 0 bridgehead atoms. The Morgan fingerprint density at radius 2 is 2.10 bits per heavy atom. The van der Waals surface area contributed by atoms with Crippen molar-refractivity contribution >= 4 is 17.3 Å². The van der Waals surface area contributed by atoms with Crippen LogP contribution in [0.2, 0.25) is 5.02 Å². The molecule has 1 unspecified atom stereocenters. The van der Waals surface area contributed by atoms with Crippen LogP contribution in [0.4, 0.5) is 5.69 Å². The fourth-order valence-corrected chi connectivity index (χ4v) is 2.92. The van der Waals surface area contributed by atoms with E-state index in [2.05, 4.69) is 31.2 Å². The molecule has 0 aliphatic heterocycles. The first kappa shape index (κ1) is 15.7. The number of rotatable bonds is 5. The van der Waals surface area contributed by atoms with E-state index in [9.17, 15) is 0 Å². The maximum atomic E-state index is 6.08. The van der Waals surface area contributed by atoms with E-state index in [-0.39, 0.29) is 6.04 Å². The summed E-state index contributed by atoms with van der Waals surface area (Å²) in [4.78, 5) is 0. The average Bonchev–Trinajstić information content (AvgIpc) is 2.73. The van der Waals surface area contributed by atoms with Crippen molar-refractivity contribution in [3.63, 3.8) is 0 Å². The van der Waals surface area contributed by atoms with E-state index in [0.29, 0.717) is 5.02 Å². The smallest absolute Gasteiger partial charge is 0.142 e. The molecular weight excluding hydrogens is 286 g/mol. The van der Waals surface area contributed by atoms with Crippen molar-refractivity contribution in [1.82, 2.24) is 9.78 Å². The van der Waals surface area contributed by atoms with Gasteiger partial charge in [-0.1, -0.05) is 11.6 Å². The summed E-state index contributed by atoms with van der Waals surface area (Å²) in [6.07, 6.45) is 0. The molecule has 0 spiro atoms. The molecule has 1 N–H and O–H groups in total. The number of ether oxygens (including phenoxy) is 1. The highest BCUT2D eigenvalue weighted by atomic mass is 35.5. The standard InChI is InChI=1S/C16H22ClN3O/c1-6-20-12(4)16(11(3)19-20)10(2)18-14-9-13(17)7-8-15(14)21-5/h7-10,18H,6H2,1-5H3. The number of nitrogens with one attached hydrogen (secondary N) is 1. The van der Waals surface area contributed by atoms with E-state index >= 15 is 0 Å². The number of nitrogens with zero attached hydrogens (tertiary/aromatic N) is 2. The molecule has 0 saturated carbocycles. The molecule has 0 saturated heterocycles. The summed E-state index contributed by atoms with van der Waals surface area (Å²) in [6.45, 7) is 9.24. The van der Waals surface area contributed by atoms with Gasteiger partial charge in [0, 0.05) is 22.8 Å². The lowest BCUT2D eigenvalue weighted by Gasteiger charge is -2.18. The number of anilines is 1. The Labute approximate surface area is 131 Å². The van der Waals surface area contributed by atoms with Crippen molar-refractivity contribution in [1.29, 1.82) is 0 Å². The number of halogens is 1. The fraction of sp³-hybridized carbons (Fsp3) is 0.438. The summed E-state index contributed by atoms with van der Waals surface area (Å²) in [5.74, 6) is 0.782. The summed E-state index contributed by atoms with van der Waals surface area (Å²) >= 11 is 6.08. The first-order valence-electron chi connectivity index (χ1n) is 7.11. The maximum absolute atomic E-state index is 6.08. The zero-order valence-electron chi connectivity index (χ0n) is 13.2. The molecule has 1 atom stereocenters. The molecule has 2 aromatic rings. The molecule has 21 heavy (non-hydrogen) atoms. The van der Waals surface area contributed by atoms with Crippen molar-refractivity contribution < 1.29 is 4.74 Å². The van der Waals surface area contributed by atoms with E-state index in [0.717, 1.165) is 23.7 Å². The molecule has 4 nitrogen and oxygen atoms in total. The van der Waals surface area contributed by atoms with Crippen molar-refractivity contribution in [2.24, 2.45) is 0 Å². The Morgan fingerprint density at radius 3 is 2.67 bits per heavy atom. The van der Waals surface area contributed by atoms with Gasteiger partial charge < -0.3 is 10.1 Å². The third-order valence-electron chi connectivity index (χ3n) is 3.70. The first-order valence-corrected chi connectivity index (χ1v) is 7.49. The SMILES string of the molecule is CCn1nc(C)c(C(C)Nc2cc(Cl)ccc2OC)c1C. The first-order chi connectivity index (χ1) is 9.97. The summed E-state index contributed by atoms with van der Waals surface area (Å²) in [5, 5.41) is 8.73. The molecule has 0 radical (unpaired) electrons. The van der Waals surface area contributed by atoms with Crippen molar-refractivity contribution in [3.05, 3.63) is 40.2 Å². The van der Waals surface area contributed by atoms with E-state index in [1.54, 1.807) is 7.11 Å². The van der Waals surface area contributed by atoms with E-state index in [1.807, 2.05) is 29.8 Å². The lowest BCUT2D eigenvalue weighted by atomic mass is 10.1. The Bertz CT molecular complexity index is 637. The van der Waals surface area contributed by atoms with Crippen LogP contribution in [0.25, 0.3) is 0 Å². The topological polar surface area (TPSA) is 39.1 Å². The molecule has 0 aliphatic rings. The van der Waals surface area contributed by atoms with E-state index < -0.39 is 0 Å². The van der Waals surface area contributed by atoms with E-state index in [4.69, 9.17) is 16.3 Å². The number of benzene rings is 1. The maximum Gasteiger partial charge on any atom is 0.142 e. The Hall–Kier alpha value is -1.68. The largest absolute Gasteiger partial charge is 0.495 e. The average molecular weight is 308 g/mol. The molecule has 0 fully saturated rings. The number of hydrogen-bond donors (Lipinski definition) is 1. The molecule has 1 aromatic carbocycles. The van der Waals surface area contributed by atoms with Crippen LogP contribution >= 0.6 is 11.6 Å². The molecule has 1 aromatic heterocycles. The number of methoxy groups -OCH3 is 1. The van der Waals surface area contributed by atoms with Crippen molar-refractivity contribution in [2.45, 2.75) is 40.3 Å². The highest BCUT2D eigenvalue weighted by Crippen LogP contribution is 2.32. The second kappa shape index (κ2) is 6.39. The number of hydrogen-bond acceptors (Lipinski definition) is 3. The number of aryl methyl sites for hydroxylation is 2. The Kier molecular flexibility index (Phi) is 4.78. The molecule has 5 heteroatoms. The van der Waals surface area contributed by atoms with Crippen molar-refractivity contribution in [2.75, 3.05) is 12.4 Å². The number of aromatic nitrogens is 2. The normalized spacial score (nSPS) is 12.3. The minimum atomic E-state index is 0.123. The zero-order chi connectivity index (χ0) is 15.6. The van der Waals surface area contributed by atoms with Crippen LogP contribution < -0.4 is 10.1 Å². The van der Waals surface area contributed by atoms with Crippen LogP contribution in [0, 0.1) is 13.8 Å². The van der Waals surface area contributed by atoms with Crippen LogP contribution in [-0.4, -0.2) is 16.9 Å². The summed E-state index contributed by atoms with van der Waals surface area (Å²) < 4.78 is 7.41. The third-order valence-corrected chi connectivity index (χ3v) is 3.94. The van der Waals surface area contributed by atoms with Gasteiger partial charge in [0.1, 0.15) is 5.75 Å². The zero-order valence-corrected chi connectivity index (χ0v) is 14.0. The van der Waals surface area contributed by atoms with Gasteiger partial charge in [-0.3, -0.25) is 4.68 Å². The summed E-state index contributed by atoms with van der Waals surface area (Å²) in [7, 11) is 1.66. The van der Waals surface area contributed by atoms with Gasteiger partial charge in [0.25, 0.3) is 0 Å². The van der Waals surface area contributed by atoms with E-state index in [1.165, 1.54) is 11.3 Å². The van der Waals surface area contributed by atoms with Gasteiger partial charge in [-0.2, -0.15) is 5.10 Å². The van der Waals surface area contributed by atoms with Crippen LogP contribution in [0.1, 0.15) is 36.8 Å². The molecule has 2 rings (SSSR count). The van der Waals surface area contributed by atoms with Crippen LogP contribution in [0.15, 0.2) is 18.2 Å². The molecular formula is C16H22ClN3O. The second-order valence-electron chi connectivity index (χ2n) is 5.11. The molecule has 0 aliphatic carbocycles. The molecule has 114 valence electrons. The van der Waals surface area contributed by atoms with Gasteiger partial charge in [0.05, 0.1) is 24.5 Å². The fourth-order valence-electron chi connectivity index (χ4n) is 2.74. The lowest BCUT2D eigenvalue weighted by molar-refractivity contribution is 0.416. The predicted molar refractivity (Wildman–Crippen MR) is 87.4 cm³/mol. The molecule has 0 amide bonds. The van der Waals surface area contributed by atoms with Gasteiger partial charge in [-0.25, -0.2) is 0 Å². The predicted octanol–water partition coefficient (Wildman–Crippen LogP) is 4.35. The third kappa shape index (κ3) is 3.16. The minimum Gasteiger partial charge on any atom is -0.495 e. The quantitative estimate of drug-likeness (QED) is 0.892. The minimum absolute atomic E-state index is 0.123. The molecule has 1 heterocycles. The Morgan fingerprint density at radius 1 is 1.38 bits per heavy atom. The van der Waals surface area contributed by atoms with Crippen molar-refractivity contribution in [3.8, 4) is 5.75 Å².